The van der Waals surface area contributed by atoms with E-state index >= 15 is 0 Å². The summed E-state index contributed by atoms with van der Waals surface area (Å²) >= 11 is 0. The van der Waals surface area contributed by atoms with E-state index in [0.29, 0.717) is 12.8 Å². The highest BCUT2D eigenvalue weighted by atomic mass is 16.8. The van der Waals surface area contributed by atoms with E-state index in [2.05, 4.69) is 0 Å². The first-order valence-electron chi connectivity index (χ1n) is 6.88. The monoisotopic (exact) mass is 286 g/mol. The van der Waals surface area contributed by atoms with Gasteiger partial charge in [-0.2, -0.15) is 0 Å². The smallest absolute Gasteiger partial charge is 0.316 e. The molecule has 0 aromatic carbocycles. The van der Waals surface area contributed by atoms with Gasteiger partial charge in [0.1, 0.15) is 0 Å². The minimum absolute atomic E-state index is 0.130. The molecule has 0 aromatic rings. The SMILES string of the molecule is CC1(C)C(C)(C)C2(OC(=O)CCCCC(=O)O2)C1(O)O. The number of carbonyl (C=O) groups excluding carboxylic acids is 2. The van der Waals surface area contributed by atoms with Gasteiger partial charge in [0, 0.05) is 18.3 Å². The van der Waals surface area contributed by atoms with E-state index < -0.39 is 34.3 Å². The van der Waals surface area contributed by atoms with E-state index in [1.165, 1.54) is 0 Å². The average molecular weight is 286 g/mol. The molecule has 0 amide bonds. The fraction of sp³-hybridized carbons (Fsp3) is 0.857. The summed E-state index contributed by atoms with van der Waals surface area (Å²) in [6.45, 7) is 6.64. The van der Waals surface area contributed by atoms with Crippen LogP contribution in [0.4, 0.5) is 0 Å². The van der Waals surface area contributed by atoms with Crippen LogP contribution in [-0.2, 0) is 19.1 Å². The Morgan fingerprint density at radius 2 is 1.25 bits per heavy atom. The molecule has 0 radical (unpaired) electrons. The number of ether oxygens (including phenoxy) is 2. The molecule has 6 nitrogen and oxygen atoms in total. The van der Waals surface area contributed by atoms with Gasteiger partial charge in [-0.1, -0.05) is 27.7 Å². The molecular formula is C14H22O6. The molecule has 0 aromatic heterocycles. The second-order valence-corrected chi connectivity index (χ2v) is 6.69. The highest BCUT2D eigenvalue weighted by Crippen LogP contribution is 2.69. The first kappa shape index (κ1) is 15.3. The number of hydrogen-bond donors (Lipinski definition) is 2. The molecule has 2 fully saturated rings. The molecule has 20 heavy (non-hydrogen) atoms. The zero-order chi connectivity index (χ0) is 15.4. The van der Waals surface area contributed by atoms with Gasteiger partial charge >= 0.3 is 17.7 Å². The molecule has 1 saturated heterocycles. The summed E-state index contributed by atoms with van der Waals surface area (Å²) in [6, 6.07) is 0. The van der Waals surface area contributed by atoms with Crippen LogP contribution < -0.4 is 0 Å². The lowest BCUT2D eigenvalue weighted by Gasteiger charge is -2.69. The number of carbonyl (C=O) groups is 2. The number of hydrogen-bond acceptors (Lipinski definition) is 6. The highest BCUT2D eigenvalue weighted by molar-refractivity contribution is 5.74. The Morgan fingerprint density at radius 1 is 0.850 bits per heavy atom. The largest absolute Gasteiger partial charge is 0.416 e. The summed E-state index contributed by atoms with van der Waals surface area (Å²) in [5.74, 6) is -5.66. The van der Waals surface area contributed by atoms with Crippen LogP contribution in [0.2, 0.25) is 0 Å². The molecule has 1 spiro atoms. The van der Waals surface area contributed by atoms with Gasteiger partial charge in [-0.3, -0.25) is 9.59 Å². The second-order valence-electron chi connectivity index (χ2n) is 6.69. The quantitative estimate of drug-likeness (QED) is 0.511. The Morgan fingerprint density at radius 3 is 1.60 bits per heavy atom. The number of esters is 2. The molecular weight excluding hydrogens is 264 g/mol. The topological polar surface area (TPSA) is 93.1 Å². The van der Waals surface area contributed by atoms with Crippen LogP contribution in [0.25, 0.3) is 0 Å². The molecule has 2 N–H and O–H groups in total. The molecule has 1 heterocycles. The standard InChI is InChI=1S/C14H22O6/c1-11(2)12(3,4)14(13(11,17)18)19-9(15)7-5-6-8-10(16)20-14/h17-18H,5-8H2,1-4H3. The number of rotatable bonds is 0. The fourth-order valence-corrected chi connectivity index (χ4v) is 3.01. The van der Waals surface area contributed by atoms with E-state index in [1.54, 1.807) is 27.7 Å². The van der Waals surface area contributed by atoms with Crippen molar-refractivity contribution in [3.63, 3.8) is 0 Å². The summed E-state index contributed by atoms with van der Waals surface area (Å²) < 4.78 is 10.5. The van der Waals surface area contributed by atoms with Crippen LogP contribution in [0.3, 0.4) is 0 Å². The lowest BCUT2D eigenvalue weighted by molar-refractivity contribution is -0.518. The molecule has 0 bridgehead atoms. The first-order valence-corrected chi connectivity index (χ1v) is 6.88. The third kappa shape index (κ3) is 1.58. The number of aliphatic hydroxyl groups is 2. The van der Waals surface area contributed by atoms with Gasteiger partial charge in [-0.15, -0.1) is 0 Å². The normalized spacial score (nSPS) is 30.3. The Hall–Kier alpha value is -1.14. The molecule has 1 aliphatic heterocycles. The van der Waals surface area contributed by atoms with Crippen molar-refractivity contribution in [2.24, 2.45) is 10.8 Å². The van der Waals surface area contributed by atoms with Gasteiger partial charge in [0.15, 0.2) is 0 Å². The van der Waals surface area contributed by atoms with E-state index in [0.717, 1.165) is 0 Å². The Bertz CT molecular complexity index is 409. The fourth-order valence-electron chi connectivity index (χ4n) is 3.01. The first-order chi connectivity index (χ1) is 8.99. The molecule has 6 heteroatoms. The van der Waals surface area contributed by atoms with Crippen molar-refractivity contribution in [1.29, 1.82) is 0 Å². The van der Waals surface area contributed by atoms with Crippen molar-refractivity contribution in [2.45, 2.75) is 65.0 Å². The van der Waals surface area contributed by atoms with Crippen molar-refractivity contribution in [3.8, 4) is 0 Å². The van der Waals surface area contributed by atoms with Crippen LogP contribution in [0.5, 0.6) is 0 Å². The van der Waals surface area contributed by atoms with Crippen molar-refractivity contribution < 1.29 is 29.3 Å². The summed E-state index contributed by atoms with van der Waals surface area (Å²) in [5, 5.41) is 20.8. The molecule has 1 saturated carbocycles. The highest BCUT2D eigenvalue weighted by Gasteiger charge is 2.86. The molecule has 2 rings (SSSR count). The van der Waals surface area contributed by atoms with Crippen LogP contribution >= 0.6 is 0 Å². The van der Waals surface area contributed by atoms with E-state index in [4.69, 9.17) is 9.47 Å². The minimum atomic E-state index is -2.43. The van der Waals surface area contributed by atoms with Crippen molar-refractivity contribution >= 4 is 11.9 Å². The zero-order valence-corrected chi connectivity index (χ0v) is 12.4. The van der Waals surface area contributed by atoms with Crippen molar-refractivity contribution in [1.82, 2.24) is 0 Å². The van der Waals surface area contributed by atoms with Gasteiger partial charge < -0.3 is 19.7 Å². The van der Waals surface area contributed by atoms with E-state index in [1.807, 2.05) is 0 Å². The predicted molar refractivity (Wildman–Crippen MR) is 68.1 cm³/mol. The van der Waals surface area contributed by atoms with Crippen molar-refractivity contribution in [2.75, 3.05) is 0 Å². The van der Waals surface area contributed by atoms with Crippen LogP contribution in [0.1, 0.15) is 53.4 Å². The Labute approximate surface area is 118 Å². The lowest BCUT2D eigenvalue weighted by atomic mass is 9.44. The maximum Gasteiger partial charge on any atom is 0.316 e. The van der Waals surface area contributed by atoms with Crippen LogP contribution in [0, 0.1) is 10.8 Å². The molecule has 1 aliphatic carbocycles. The van der Waals surface area contributed by atoms with Gasteiger partial charge in [-0.25, -0.2) is 0 Å². The summed E-state index contributed by atoms with van der Waals surface area (Å²) in [5.41, 5.74) is -1.94. The Balaban J connectivity index is 2.48. The van der Waals surface area contributed by atoms with Gasteiger partial charge in [0.05, 0.1) is 5.41 Å². The molecule has 0 atom stereocenters. The Kier molecular flexibility index (Phi) is 3.19. The van der Waals surface area contributed by atoms with E-state index in [9.17, 15) is 19.8 Å². The average Bonchev–Trinajstić information content (AvgIpc) is 2.38. The van der Waals surface area contributed by atoms with Gasteiger partial charge in [0.2, 0.25) is 5.79 Å². The zero-order valence-electron chi connectivity index (χ0n) is 12.4. The summed E-state index contributed by atoms with van der Waals surface area (Å²) in [6.07, 6.45) is 1.28. The second kappa shape index (κ2) is 4.18. The molecule has 0 unspecified atom stereocenters. The third-order valence-electron chi connectivity index (χ3n) is 5.24. The van der Waals surface area contributed by atoms with Crippen LogP contribution in [0.15, 0.2) is 0 Å². The summed E-state index contributed by atoms with van der Waals surface area (Å²) in [7, 11) is 0. The minimum Gasteiger partial charge on any atom is -0.416 e. The lowest BCUT2D eigenvalue weighted by Crippen LogP contribution is -2.86. The molecule has 114 valence electrons. The van der Waals surface area contributed by atoms with Crippen molar-refractivity contribution in [3.05, 3.63) is 0 Å². The molecule has 2 aliphatic rings. The van der Waals surface area contributed by atoms with Crippen LogP contribution in [-0.4, -0.2) is 33.7 Å². The third-order valence-corrected chi connectivity index (χ3v) is 5.24. The van der Waals surface area contributed by atoms with E-state index in [-0.39, 0.29) is 12.8 Å². The maximum atomic E-state index is 11.9. The predicted octanol–water partition coefficient (Wildman–Crippen LogP) is 1.09. The van der Waals surface area contributed by atoms with Gasteiger partial charge in [-0.05, 0) is 12.8 Å². The summed E-state index contributed by atoms with van der Waals surface area (Å²) in [4.78, 5) is 23.7. The maximum absolute atomic E-state index is 11.9. The van der Waals surface area contributed by atoms with Gasteiger partial charge in [0.25, 0.3) is 0 Å².